The van der Waals surface area contributed by atoms with E-state index in [4.69, 9.17) is 5.73 Å². The average molecular weight is 380 g/mol. The Balaban J connectivity index is 2.15. The fraction of sp³-hybridized carbons (Fsp3) is 0.538. The van der Waals surface area contributed by atoms with Gasteiger partial charge in [-0.05, 0) is 23.8 Å². The third-order valence-corrected chi connectivity index (χ3v) is 5.75. The Morgan fingerprint density at radius 3 is 2.48 bits per heavy atom. The molecule has 0 radical (unpaired) electrons. The smallest absolute Gasteiger partial charge is 0.211 e. The Morgan fingerprint density at radius 2 is 1.95 bits per heavy atom. The zero-order valence-electron chi connectivity index (χ0n) is 11.8. The maximum absolute atomic E-state index is 13.5. The van der Waals surface area contributed by atoms with Crippen LogP contribution in [0.3, 0.4) is 0 Å². The summed E-state index contributed by atoms with van der Waals surface area (Å²) in [4.78, 5) is 2.10. The molecule has 8 heteroatoms. The van der Waals surface area contributed by atoms with Gasteiger partial charge in [0.2, 0.25) is 10.0 Å². The summed E-state index contributed by atoms with van der Waals surface area (Å²) in [5.74, 6) is -0.304. The van der Waals surface area contributed by atoms with Crippen molar-refractivity contribution >= 4 is 26.0 Å². The van der Waals surface area contributed by atoms with Gasteiger partial charge in [0.05, 0.1) is 6.26 Å². The minimum absolute atomic E-state index is 0.128. The van der Waals surface area contributed by atoms with Crippen molar-refractivity contribution in [2.24, 2.45) is 5.73 Å². The molecule has 2 rings (SSSR count). The van der Waals surface area contributed by atoms with Gasteiger partial charge in [0.25, 0.3) is 0 Å². The van der Waals surface area contributed by atoms with E-state index < -0.39 is 10.0 Å². The number of hydrogen-bond acceptors (Lipinski definition) is 4. The zero-order chi connectivity index (χ0) is 15.6. The van der Waals surface area contributed by atoms with Crippen LogP contribution >= 0.6 is 15.9 Å². The number of benzene rings is 1. The fourth-order valence-electron chi connectivity index (χ4n) is 2.59. The van der Waals surface area contributed by atoms with Crippen molar-refractivity contribution in [2.75, 3.05) is 39.0 Å². The summed E-state index contributed by atoms with van der Waals surface area (Å²) in [6, 6.07) is 4.41. The Labute approximate surface area is 133 Å². The maximum Gasteiger partial charge on any atom is 0.211 e. The lowest BCUT2D eigenvalue weighted by atomic mass is 10.0. The molecule has 1 aliphatic heterocycles. The van der Waals surface area contributed by atoms with Crippen LogP contribution in [0.2, 0.25) is 0 Å². The number of rotatable bonds is 4. The van der Waals surface area contributed by atoms with Crippen molar-refractivity contribution in [3.63, 3.8) is 0 Å². The molecule has 1 aliphatic rings. The third-order valence-electron chi connectivity index (χ3n) is 3.72. The highest BCUT2D eigenvalue weighted by Gasteiger charge is 2.28. The highest BCUT2D eigenvalue weighted by Crippen LogP contribution is 2.29. The average Bonchev–Trinajstić information content (AvgIpc) is 2.43. The van der Waals surface area contributed by atoms with Crippen molar-refractivity contribution in [3.05, 3.63) is 34.1 Å². The number of hydrogen-bond donors (Lipinski definition) is 1. The first-order valence-corrected chi connectivity index (χ1v) is 9.31. The lowest BCUT2D eigenvalue weighted by Crippen LogP contribution is -2.50. The van der Waals surface area contributed by atoms with Crippen molar-refractivity contribution in [1.82, 2.24) is 9.21 Å². The number of nitrogens with zero attached hydrogens (tertiary/aromatic N) is 2. The second-order valence-electron chi connectivity index (χ2n) is 5.12. The minimum atomic E-state index is -3.16. The van der Waals surface area contributed by atoms with Gasteiger partial charge in [0.15, 0.2) is 0 Å². The van der Waals surface area contributed by atoms with Crippen LogP contribution < -0.4 is 5.73 Å². The highest BCUT2D eigenvalue weighted by molar-refractivity contribution is 9.10. The first kappa shape index (κ1) is 16.8. The lowest BCUT2D eigenvalue weighted by molar-refractivity contribution is 0.140. The van der Waals surface area contributed by atoms with Gasteiger partial charge in [-0.2, -0.15) is 4.31 Å². The first-order valence-electron chi connectivity index (χ1n) is 6.67. The molecule has 0 bridgehead atoms. The molecule has 1 saturated heterocycles. The first-order chi connectivity index (χ1) is 9.82. The van der Waals surface area contributed by atoms with Gasteiger partial charge in [-0.25, -0.2) is 12.8 Å². The van der Waals surface area contributed by atoms with E-state index in [1.54, 1.807) is 6.07 Å². The summed E-state index contributed by atoms with van der Waals surface area (Å²) in [5, 5.41) is 0. The molecule has 1 heterocycles. The molecular weight excluding hydrogens is 361 g/mol. The highest BCUT2D eigenvalue weighted by atomic mass is 79.9. The predicted octanol–water partition coefficient (Wildman–Crippen LogP) is 1.17. The molecule has 2 N–H and O–H groups in total. The monoisotopic (exact) mass is 379 g/mol. The summed E-state index contributed by atoms with van der Waals surface area (Å²) in [7, 11) is -3.16. The second kappa shape index (κ2) is 6.70. The molecule has 1 atom stereocenters. The molecule has 1 aromatic rings. The van der Waals surface area contributed by atoms with Crippen molar-refractivity contribution < 1.29 is 12.8 Å². The molecule has 21 heavy (non-hydrogen) atoms. The molecule has 0 aromatic heterocycles. The maximum atomic E-state index is 13.5. The van der Waals surface area contributed by atoms with Crippen molar-refractivity contribution in [1.29, 1.82) is 0 Å². The molecule has 1 aromatic carbocycles. The normalized spacial score (nSPS) is 19.6. The summed E-state index contributed by atoms with van der Waals surface area (Å²) < 4.78 is 38.8. The summed E-state index contributed by atoms with van der Waals surface area (Å²) in [5.41, 5.74) is 6.65. The van der Waals surface area contributed by atoms with Crippen molar-refractivity contribution in [3.8, 4) is 0 Å². The minimum Gasteiger partial charge on any atom is -0.329 e. The van der Waals surface area contributed by atoms with E-state index in [-0.39, 0.29) is 11.9 Å². The van der Waals surface area contributed by atoms with Crippen LogP contribution in [0.15, 0.2) is 22.7 Å². The molecule has 0 saturated carbocycles. The quantitative estimate of drug-likeness (QED) is 0.852. The van der Waals surface area contributed by atoms with Crippen molar-refractivity contribution in [2.45, 2.75) is 6.04 Å². The van der Waals surface area contributed by atoms with Crippen LogP contribution in [0.1, 0.15) is 11.6 Å². The molecule has 1 unspecified atom stereocenters. The van der Waals surface area contributed by atoms with E-state index in [1.165, 1.54) is 22.7 Å². The Hall–Kier alpha value is -0.540. The predicted molar refractivity (Wildman–Crippen MR) is 83.9 cm³/mol. The SMILES string of the molecule is CS(=O)(=O)N1CCN(C(CN)c2cc(F)ccc2Br)CC1. The van der Waals surface area contributed by atoms with Gasteiger partial charge in [0, 0.05) is 43.2 Å². The fourth-order valence-corrected chi connectivity index (χ4v) is 3.93. The molecule has 0 amide bonds. The molecule has 5 nitrogen and oxygen atoms in total. The topological polar surface area (TPSA) is 66.6 Å². The van der Waals surface area contributed by atoms with Crippen LogP contribution in [-0.2, 0) is 10.0 Å². The molecule has 1 fully saturated rings. The van der Waals surface area contributed by atoms with Gasteiger partial charge in [-0.3, -0.25) is 4.90 Å². The summed E-state index contributed by atoms with van der Waals surface area (Å²) in [6.07, 6.45) is 1.21. The van der Waals surface area contributed by atoms with E-state index in [1.807, 2.05) is 0 Å². The van der Waals surface area contributed by atoms with Gasteiger partial charge >= 0.3 is 0 Å². The molecule has 0 aliphatic carbocycles. The van der Waals surface area contributed by atoms with Gasteiger partial charge in [0.1, 0.15) is 5.82 Å². The van der Waals surface area contributed by atoms with Gasteiger partial charge in [-0.1, -0.05) is 15.9 Å². The standard InChI is InChI=1S/C13H19BrFN3O2S/c1-21(19,20)18-6-4-17(5-7-18)13(9-16)11-8-10(15)2-3-12(11)14/h2-3,8,13H,4-7,9,16H2,1H3. The van der Waals surface area contributed by atoms with E-state index >= 15 is 0 Å². The lowest BCUT2D eigenvalue weighted by Gasteiger charge is -2.38. The van der Waals surface area contributed by atoms with Gasteiger partial charge < -0.3 is 5.73 Å². The number of piperazine rings is 1. The van der Waals surface area contributed by atoms with E-state index in [9.17, 15) is 12.8 Å². The number of halogens is 2. The van der Waals surface area contributed by atoms with Crippen LogP contribution in [0.25, 0.3) is 0 Å². The van der Waals surface area contributed by atoms with Crippen LogP contribution in [0, 0.1) is 5.82 Å². The van der Waals surface area contributed by atoms with Crippen LogP contribution in [0.5, 0.6) is 0 Å². The number of nitrogens with two attached hydrogens (primary N) is 1. The van der Waals surface area contributed by atoms with E-state index in [0.29, 0.717) is 32.7 Å². The summed E-state index contributed by atoms with van der Waals surface area (Å²) >= 11 is 3.43. The molecule has 118 valence electrons. The van der Waals surface area contributed by atoms with Crippen LogP contribution in [-0.4, -0.2) is 56.6 Å². The molecule has 0 spiro atoms. The Kier molecular flexibility index (Phi) is 5.37. The third kappa shape index (κ3) is 4.01. The summed E-state index contributed by atoms with van der Waals surface area (Å²) in [6.45, 7) is 2.38. The Morgan fingerprint density at radius 1 is 1.33 bits per heavy atom. The molecular formula is C13H19BrFN3O2S. The van der Waals surface area contributed by atoms with Crippen LogP contribution in [0.4, 0.5) is 4.39 Å². The Bertz CT molecular complexity index is 603. The number of sulfonamides is 1. The largest absolute Gasteiger partial charge is 0.329 e. The van der Waals surface area contributed by atoms with E-state index in [0.717, 1.165) is 10.0 Å². The van der Waals surface area contributed by atoms with Gasteiger partial charge in [-0.15, -0.1) is 0 Å². The van der Waals surface area contributed by atoms with E-state index in [2.05, 4.69) is 20.8 Å². The second-order valence-corrected chi connectivity index (χ2v) is 7.95. The zero-order valence-corrected chi connectivity index (χ0v) is 14.2.